The third-order valence-corrected chi connectivity index (χ3v) is 4.42. The summed E-state index contributed by atoms with van der Waals surface area (Å²) in [5.41, 5.74) is 2.64. The number of hydrogen-bond donors (Lipinski definition) is 2. The van der Waals surface area contributed by atoms with Crippen molar-refractivity contribution in [3.63, 3.8) is 0 Å². The van der Waals surface area contributed by atoms with Crippen molar-refractivity contribution in [3.8, 4) is 11.3 Å². The number of aryl methyl sites for hydroxylation is 1. The molecule has 2 aromatic heterocycles. The van der Waals surface area contributed by atoms with Gasteiger partial charge in [-0.3, -0.25) is 4.79 Å². The van der Waals surface area contributed by atoms with Crippen LogP contribution in [-0.4, -0.2) is 16.1 Å². The lowest BCUT2D eigenvalue weighted by molar-refractivity contribution is 0.0948. The van der Waals surface area contributed by atoms with Gasteiger partial charge in [-0.15, -0.1) is 10.2 Å². The van der Waals surface area contributed by atoms with Crippen LogP contribution in [-0.2, 0) is 6.54 Å². The molecule has 2 N–H and O–H groups in total. The molecule has 2 heterocycles. The standard InChI is InChI=1S/C23H19FN4O2/c1-15-5-10-20(30-15)14-25-23(29)17-3-2-4-19(13-17)26-22-12-11-21(27-28-22)16-6-8-18(24)9-7-16/h2-13H,14H2,1H3,(H,25,29)(H,26,28). The van der Waals surface area contributed by atoms with E-state index in [-0.39, 0.29) is 11.7 Å². The molecule has 0 radical (unpaired) electrons. The van der Waals surface area contributed by atoms with E-state index in [9.17, 15) is 9.18 Å². The average Bonchev–Trinajstić information content (AvgIpc) is 3.18. The molecule has 150 valence electrons. The number of aromatic nitrogens is 2. The molecule has 4 rings (SSSR count). The van der Waals surface area contributed by atoms with Crippen LogP contribution in [0.2, 0.25) is 0 Å². The SMILES string of the molecule is Cc1ccc(CNC(=O)c2cccc(Nc3ccc(-c4ccc(F)cc4)nn3)c2)o1. The summed E-state index contributed by atoms with van der Waals surface area (Å²) in [6, 6.07) is 20.4. The molecule has 0 saturated carbocycles. The van der Waals surface area contributed by atoms with Gasteiger partial charge < -0.3 is 15.1 Å². The van der Waals surface area contributed by atoms with Gasteiger partial charge in [-0.25, -0.2) is 4.39 Å². The highest BCUT2D eigenvalue weighted by Crippen LogP contribution is 2.20. The van der Waals surface area contributed by atoms with E-state index in [1.807, 2.05) is 25.1 Å². The third kappa shape index (κ3) is 4.70. The van der Waals surface area contributed by atoms with E-state index in [4.69, 9.17) is 4.42 Å². The van der Waals surface area contributed by atoms with Gasteiger partial charge in [-0.1, -0.05) is 6.07 Å². The van der Waals surface area contributed by atoms with Gasteiger partial charge in [0.05, 0.1) is 12.2 Å². The molecule has 0 aliphatic carbocycles. The number of nitrogens with one attached hydrogen (secondary N) is 2. The van der Waals surface area contributed by atoms with Crippen molar-refractivity contribution in [2.45, 2.75) is 13.5 Å². The van der Waals surface area contributed by atoms with Crippen LogP contribution >= 0.6 is 0 Å². The van der Waals surface area contributed by atoms with Crippen LogP contribution in [0.1, 0.15) is 21.9 Å². The van der Waals surface area contributed by atoms with Gasteiger partial charge in [0.1, 0.15) is 17.3 Å². The summed E-state index contributed by atoms with van der Waals surface area (Å²) in [5, 5.41) is 14.3. The van der Waals surface area contributed by atoms with Crippen LogP contribution in [0.15, 0.2) is 77.2 Å². The first kappa shape index (κ1) is 19.3. The first-order chi connectivity index (χ1) is 14.6. The van der Waals surface area contributed by atoms with Crippen LogP contribution in [0.5, 0.6) is 0 Å². The first-order valence-electron chi connectivity index (χ1n) is 9.37. The second-order valence-corrected chi connectivity index (χ2v) is 6.71. The monoisotopic (exact) mass is 402 g/mol. The zero-order valence-electron chi connectivity index (χ0n) is 16.2. The van der Waals surface area contributed by atoms with E-state index >= 15 is 0 Å². The molecule has 2 aromatic carbocycles. The Labute approximate surface area is 172 Å². The molecule has 30 heavy (non-hydrogen) atoms. The predicted octanol–water partition coefficient (Wildman–Crippen LogP) is 4.86. The Bertz CT molecular complexity index is 1150. The number of furan rings is 1. The second kappa shape index (κ2) is 8.57. The normalized spacial score (nSPS) is 10.6. The van der Waals surface area contributed by atoms with Gasteiger partial charge in [0.2, 0.25) is 0 Å². The van der Waals surface area contributed by atoms with Gasteiger partial charge in [0.25, 0.3) is 5.91 Å². The number of carbonyl (C=O) groups is 1. The van der Waals surface area contributed by atoms with E-state index in [2.05, 4.69) is 20.8 Å². The van der Waals surface area contributed by atoms with Crippen LogP contribution in [0.25, 0.3) is 11.3 Å². The summed E-state index contributed by atoms with van der Waals surface area (Å²) in [5.74, 6) is 1.53. The molecule has 0 saturated heterocycles. The van der Waals surface area contributed by atoms with Crippen molar-refractivity contribution in [1.29, 1.82) is 0 Å². The first-order valence-corrected chi connectivity index (χ1v) is 9.37. The minimum Gasteiger partial charge on any atom is -0.465 e. The molecular formula is C23H19FN4O2. The molecule has 0 aliphatic rings. The quantitative estimate of drug-likeness (QED) is 0.482. The predicted molar refractivity (Wildman–Crippen MR) is 112 cm³/mol. The van der Waals surface area contributed by atoms with Crippen LogP contribution in [0, 0.1) is 12.7 Å². The van der Waals surface area contributed by atoms with E-state index < -0.39 is 0 Å². The molecule has 6 nitrogen and oxygen atoms in total. The van der Waals surface area contributed by atoms with Gasteiger partial charge in [-0.05, 0) is 73.7 Å². The number of anilines is 2. The molecule has 0 aliphatic heterocycles. The Morgan fingerprint density at radius 1 is 1.00 bits per heavy atom. The molecule has 4 aromatic rings. The fraction of sp³-hybridized carbons (Fsp3) is 0.0870. The smallest absolute Gasteiger partial charge is 0.251 e. The number of amides is 1. The van der Waals surface area contributed by atoms with Crippen molar-refractivity contribution in [1.82, 2.24) is 15.5 Å². The van der Waals surface area contributed by atoms with E-state index in [0.717, 1.165) is 11.3 Å². The zero-order valence-corrected chi connectivity index (χ0v) is 16.2. The fourth-order valence-electron chi connectivity index (χ4n) is 2.91. The third-order valence-electron chi connectivity index (χ3n) is 4.42. The maximum absolute atomic E-state index is 13.1. The van der Waals surface area contributed by atoms with Crippen LogP contribution in [0.4, 0.5) is 15.9 Å². The van der Waals surface area contributed by atoms with Crippen molar-refractivity contribution in [2.24, 2.45) is 0 Å². The lowest BCUT2D eigenvalue weighted by atomic mass is 10.1. The maximum atomic E-state index is 13.1. The fourth-order valence-corrected chi connectivity index (χ4v) is 2.91. The molecular weight excluding hydrogens is 383 g/mol. The number of benzene rings is 2. The Morgan fingerprint density at radius 2 is 1.83 bits per heavy atom. The molecule has 7 heteroatoms. The van der Waals surface area contributed by atoms with Crippen molar-refractivity contribution >= 4 is 17.4 Å². The number of rotatable bonds is 6. The van der Waals surface area contributed by atoms with Gasteiger partial charge >= 0.3 is 0 Å². The Hall–Kier alpha value is -4.00. The summed E-state index contributed by atoms with van der Waals surface area (Å²) in [4.78, 5) is 12.4. The maximum Gasteiger partial charge on any atom is 0.251 e. The minimum atomic E-state index is -0.298. The Balaban J connectivity index is 1.41. The van der Waals surface area contributed by atoms with E-state index in [1.54, 1.807) is 42.5 Å². The number of hydrogen-bond acceptors (Lipinski definition) is 5. The lowest BCUT2D eigenvalue weighted by Gasteiger charge is -2.08. The Morgan fingerprint density at radius 3 is 2.53 bits per heavy atom. The van der Waals surface area contributed by atoms with Crippen LogP contribution < -0.4 is 10.6 Å². The highest BCUT2D eigenvalue weighted by molar-refractivity contribution is 5.95. The zero-order chi connectivity index (χ0) is 20.9. The Kier molecular flexibility index (Phi) is 5.52. The summed E-state index contributed by atoms with van der Waals surface area (Å²) in [7, 11) is 0. The largest absolute Gasteiger partial charge is 0.465 e. The van der Waals surface area contributed by atoms with Gasteiger partial charge in [0.15, 0.2) is 5.82 Å². The highest BCUT2D eigenvalue weighted by atomic mass is 19.1. The van der Waals surface area contributed by atoms with Gasteiger partial charge in [-0.2, -0.15) is 0 Å². The topological polar surface area (TPSA) is 80.0 Å². The van der Waals surface area contributed by atoms with Crippen molar-refractivity contribution in [3.05, 3.63) is 95.7 Å². The molecule has 0 fully saturated rings. The van der Waals surface area contributed by atoms with Gasteiger partial charge in [0, 0.05) is 16.8 Å². The molecule has 1 amide bonds. The number of nitrogens with zero attached hydrogens (tertiary/aromatic N) is 2. The highest BCUT2D eigenvalue weighted by Gasteiger charge is 2.08. The lowest BCUT2D eigenvalue weighted by Crippen LogP contribution is -2.22. The van der Waals surface area contributed by atoms with Crippen molar-refractivity contribution in [2.75, 3.05) is 5.32 Å². The average molecular weight is 402 g/mol. The van der Waals surface area contributed by atoms with Crippen molar-refractivity contribution < 1.29 is 13.6 Å². The van der Waals surface area contributed by atoms with E-state index in [1.165, 1.54) is 12.1 Å². The molecule has 0 spiro atoms. The molecule has 0 atom stereocenters. The van der Waals surface area contributed by atoms with Crippen LogP contribution in [0.3, 0.4) is 0 Å². The number of halogens is 1. The molecule has 0 unspecified atom stereocenters. The molecule has 0 bridgehead atoms. The summed E-state index contributed by atoms with van der Waals surface area (Å²) in [6.07, 6.45) is 0. The second-order valence-electron chi connectivity index (χ2n) is 6.71. The summed E-state index contributed by atoms with van der Waals surface area (Å²) >= 11 is 0. The number of carbonyl (C=O) groups excluding carboxylic acids is 1. The summed E-state index contributed by atoms with van der Waals surface area (Å²) in [6.45, 7) is 2.18. The minimum absolute atomic E-state index is 0.203. The summed E-state index contributed by atoms with van der Waals surface area (Å²) < 4.78 is 18.5. The van der Waals surface area contributed by atoms with E-state index in [0.29, 0.717) is 35.1 Å².